The quantitative estimate of drug-likeness (QED) is 0.468. The van der Waals surface area contributed by atoms with Gasteiger partial charge in [-0.1, -0.05) is 24.3 Å². The Hall–Kier alpha value is -1.43. The molecule has 0 amide bonds. The normalized spacial score (nSPS) is 13.8. The molecule has 0 fully saturated rings. The van der Waals surface area contributed by atoms with Crippen LogP contribution in [0.3, 0.4) is 0 Å². The monoisotopic (exact) mass is 272 g/mol. The molecule has 18 heavy (non-hydrogen) atoms. The maximum absolute atomic E-state index is 11.3. The largest absolute Gasteiger partial charge is 0.467 e. The number of halogens is 1. The third-order valence-corrected chi connectivity index (χ3v) is 2.68. The van der Waals surface area contributed by atoms with Gasteiger partial charge in [-0.15, -0.1) is 11.6 Å². The van der Waals surface area contributed by atoms with Crippen molar-refractivity contribution in [2.24, 2.45) is 0 Å². The second-order valence-electron chi connectivity index (χ2n) is 3.59. The van der Waals surface area contributed by atoms with Gasteiger partial charge in [0, 0.05) is 5.56 Å². The summed E-state index contributed by atoms with van der Waals surface area (Å²) >= 11 is 5.40. The number of esters is 1. The van der Waals surface area contributed by atoms with Crippen LogP contribution in [0.25, 0.3) is 0 Å². The topological polar surface area (TPSA) is 83.8 Å². The number of carbonyl (C=O) groups excluding carboxylic acids is 2. The molecule has 1 aromatic carbocycles. The van der Waals surface area contributed by atoms with Gasteiger partial charge in [0.15, 0.2) is 11.9 Å². The lowest BCUT2D eigenvalue weighted by molar-refractivity contribution is -0.156. The van der Waals surface area contributed by atoms with Crippen molar-refractivity contribution in [2.45, 2.75) is 12.2 Å². The van der Waals surface area contributed by atoms with Gasteiger partial charge in [-0.05, 0) is 5.56 Å². The number of ketones is 1. The van der Waals surface area contributed by atoms with Crippen LogP contribution in [-0.2, 0) is 9.53 Å². The molecule has 98 valence electrons. The molecule has 0 bridgehead atoms. The molecule has 2 N–H and O–H groups in total. The number of hydrogen-bond acceptors (Lipinski definition) is 5. The average Bonchev–Trinajstić information content (AvgIpc) is 2.44. The van der Waals surface area contributed by atoms with Crippen LogP contribution in [0.2, 0.25) is 0 Å². The molecule has 0 saturated carbocycles. The molecule has 0 spiro atoms. The second kappa shape index (κ2) is 6.49. The molecule has 1 aromatic rings. The van der Waals surface area contributed by atoms with Crippen molar-refractivity contribution in [3.05, 3.63) is 35.4 Å². The fourth-order valence-electron chi connectivity index (χ4n) is 1.38. The lowest BCUT2D eigenvalue weighted by atomic mass is 10.0. The Morgan fingerprint density at radius 1 is 1.28 bits per heavy atom. The van der Waals surface area contributed by atoms with E-state index < -0.39 is 18.2 Å². The summed E-state index contributed by atoms with van der Waals surface area (Å²) in [6.45, 7) is 0. The van der Waals surface area contributed by atoms with Gasteiger partial charge in [0.05, 0.1) is 13.0 Å². The van der Waals surface area contributed by atoms with Crippen LogP contribution in [0.5, 0.6) is 0 Å². The summed E-state index contributed by atoms with van der Waals surface area (Å²) in [5.41, 5.74) is 0.701. The summed E-state index contributed by atoms with van der Waals surface area (Å²) in [5, 5.41) is 19.2. The number of benzene rings is 1. The number of ether oxygens (including phenoxy) is 1. The maximum Gasteiger partial charge on any atom is 0.337 e. The number of hydrogen-bond donors (Lipinski definition) is 2. The molecule has 0 aliphatic heterocycles. The molecule has 1 rings (SSSR count). The first-order valence-electron chi connectivity index (χ1n) is 5.14. The van der Waals surface area contributed by atoms with Crippen molar-refractivity contribution in [1.29, 1.82) is 0 Å². The Morgan fingerprint density at radius 3 is 2.28 bits per heavy atom. The summed E-state index contributed by atoms with van der Waals surface area (Å²) in [4.78, 5) is 22.3. The molecular formula is C12H13ClO5. The number of rotatable bonds is 5. The minimum absolute atomic E-state index is 0.132. The highest BCUT2D eigenvalue weighted by Gasteiger charge is 2.26. The van der Waals surface area contributed by atoms with E-state index in [1.807, 2.05) is 0 Å². The molecule has 0 aliphatic carbocycles. The standard InChI is InChI=1S/C12H13ClO5/c1-18-12(17)11(16)10(15)8-4-2-7(3-5-8)9(14)6-13/h2-5,10-11,15-16H,6H2,1H3. The van der Waals surface area contributed by atoms with E-state index in [4.69, 9.17) is 11.6 Å². The first kappa shape index (κ1) is 14.6. The van der Waals surface area contributed by atoms with Gasteiger partial charge in [0.25, 0.3) is 0 Å². The first-order valence-corrected chi connectivity index (χ1v) is 5.67. The van der Waals surface area contributed by atoms with E-state index >= 15 is 0 Å². The Balaban J connectivity index is 2.85. The molecule has 0 aromatic heterocycles. The van der Waals surface area contributed by atoms with E-state index in [0.717, 1.165) is 7.11 Å². The molecule has 2 atom stereocenters. The third-order valence-electron chi connectivity index (χ3n) is 2.44. The Kier molecular flexibility index (Phi) is 5.27. The van der Waals surface area contributed by atoms with Crippen molar-refractivity contribution in [3.63, 3.8) is 0 Å². The Morgan fingerprint density at radius 2 is 1.83 bits per heavy atom. The fraction of sp³-hybridized carbons (Fsp3) is 0.333. The van der Waals surface area contributed by atoms with Gasteiger partial charge < -0.3 is 14.9 Å². The van der Waals surface area contributed by atoms with Gasteiger partial charge in [-0.3, -0.25) is 4.79 Å². The van der Waals surface area contributed by atoms with Crippen LogP contribution in [-0.4, -0.2) is 41.1 Å². The fourth-order valence-corrected chi connectivity index (χ4v) is 1.53. The van der Waals surface area contributed by atoms with Crippen molar-refractivity contribution < 1.29 is 24.5 Å². The van der Waals surface area contributed by atoms with Crippen LogP contribution < -0.4 is 0 Å². The summed E-state index contributed by atoms with van der Waals surface area (Å²) < 4.78 is 4.31. The molecule has 0 aliphatic rings. The minimum Gasteiger partial charge on any atom is -0.467 e. The SMILES string of the molecule is COC(=O)C(O)C(O)c1ccc(C(=O)CCl)cc1. The predicted octanol–water partition coefficient (Wildman–Crippen LogP) is 0.675. The van der Waals surface area contributed by atoms with E-state index in [1.165, 1.54) is 24.3 Å². The van der Waals surface area contributed by atoms with Crippen LogP contribution in [0, 0.1) is 0 Å². The van der Waals surface area contributed by atoms with Crippen molar-refractivity contribution >= 4 is 23.4 Å². The Labute approximate surface area is 109 Å². The summed E-state index contributed by atoms with van der Waals surface area (Å²) in [6, 6.07) is 5.81. The van der Waals surface area contributed by atoms with E-state index in [0.29, 0.717) is 11.1 Å². The highest BCUT2D eigenvalue weighted by Crippen LogP contribution is 2.18. The molecule has 2 unspecified atom stereocenters. The van der Waals surface area contributed by atoms with Crippen LogP contribution in [0.15, 0.2) is 24.3 Å². The van der Waals surface area contributed by atoms with Crippen LogP contribution in [0.4, 0.5) is 0 Å². The molecule has 5 nitrogen and oxygen atoms in total. The van der Waals surface area contributed by atoms with Gasteiger partial charge in [-0.25, -0.2) is 4.79 Å². The van der Waals surface area contributed by atoms with Gasteiger partial charge in [0.2, 0.25) is 0 Å². The predicted molar refractivity (Wildman–Crippen MR) is 64.5 cm³/mol. The maximum atomic E-state index is 11.3. The van der Waals surface area contributed by atoms with Gasteiger partial charge >= 0.3 is 5.97 Å². The minimum atomic E-state index is -1.66. The summed E-state index contributed by atoms with van der Waals surface area (Å²) in [5.74, 6) is -1.30. The zero-order valence-corrected chi connectivity index (χ0v) is 10.4. The van der Waals surface area contributed by atoms with Crippen molar-refractivity contribution in [3.8, 4) is 0 Å². The summed E-state index contributed by atoms with van der Waals surface area (Å²) in [7, 11) is 1.11. The number of aliphatic hydroxyl groups is 2. The van der Waals surface area contributed by atoms with E-state index in [1.54, 1.807) is 0 Å². The lowest BCUT2D eigenvalue weighted by Crippen LogP contribution is -2.29. The smallest absolute Gasteiger partial charge is 0.337 e. The van der Waals surface area contributed by atoms with Gasteiger partial charge in [0.1, 0.15) is 6.10 Å². The highest BCUT2D eigenvalue weighted by molar-refractivity contribution is 6.30. The lowest BCUT2D eigenvalue weighted by Gasteiger charge is -2.16. The number of aliphatic hydroxyl groups excluding tert-OH is 2. The molecule has 0 heterocycles. The van der Waals surface area contributed by atoms with Crippen molar-refractivity contribution in [1.82, 2.24) is 0 Å². The number of Topliss-reactive ketones (excluding diaryl/α,β-unsaturated/α-hetero) is 1. The van der Waals surface area contributed by atoms with Crippen LogP contribution in [0.1, 0.15) is 22.0 Å². The molecule has 0 radical (unpaired) electrons. The Bertz CT molecular complexity index is 429. The van der Waals surface area contributed by atoms with E-state index in [-0.39, 0.29) is 11.7 Å². The van der Waals surface area contributed by atoms with E-state index in [9.17, 15) is 19.8 Å². The number of methoxy groups -OCH3 is 1. The van der Waals surface area contributed by atoms with Crippen LogP contribution >= 0.6 is 11.6 Å². The first-order chi connectivity index (χ1) is 8.51. The highest BCUT2D eigenvalue weighted by atomic mass is 35.5. The summed E-state index contributed by atoms with van der Waals surface area (Å²) in [6.07, 6.45) is -3.07. The van der Waals surface area contributed by atoms with Gasteiger partial charge in [-0.2, -0.15) is 0 Å². The average molecular weight is 273 g/mol. The van der Waals surface area contributed by atoms with E-state index in [2.05, 4.69) is 4.74 Å². The number of alkyl halides is 1. The molecular weight excluding hydrogens is 260 g/mol. The zero-order chi connectivity index (χ0) is 13.7. The second-order valence-corrected chi connectivity index (χ2v) is 3.86. The molecule has 6 heteroatoms. The molecule has 0 saturated heterocycles. The van der Waals surface area contributed by atoms with Crippen molar-refractivity contribution in [2.75, 3.05) is 13.0 Å². The number of carbonyl (C=O) groups is 2. The zero-order valence-electron chi connectivity index (χ0n) is 9.67. The third kappa shape index (κ3) is 3.29.